The molecule has 0 aliphatic carbocycles. The van der Waals surface area contributed by atoms with Crippen molar-refractivity contribution in [3.05, 3.63) is 28.8 Å². The molecule has 3 N–H and O–H groups in total. The van der Waals surface area contributed by atoms with Crippen molar-refractivity contribution in [1.29, 1.82) is 0 Å². The summed E-state index contributed by atoms with van der Waals surface area (Å²) in [4.78, 5) is 2.57. The number of halogens is 1. The molecule has 2 atom stereocenters. The molecule has 98 valence electrons. The number of piperidine rings is 1. The third kappa shape index (κ3) is 2.76. The zero-order valence-electron chi connectivity index (χ0n) is 10.3. The summed E-state index contributed by atoms with van der Waals surface area (Å²) >= 11 is 11.1. The lowest BCUT2D eigenvalue weighted by Gasteiger charge is -2.37. The molecular weight excluding hydrogens is 268 g/mol. The number of aliphatic hydroxyl groups is 1. The third-order valence-corrected chi connectivity index (χ3v) is 3.88. The number of hydrogen-bond donors (Lipinski definition) is 2. The maximum Gasteiger partial charge on any atom is 0.106 e. The van der Waals surface area contributed by atoms with Crippen LogP contribution in [0.15, 0.2) is 18.2 Å². The van der Waals surface area contributed by atoms with Crippen LogP contribution in [0.25, 0.3) is 0 Å². The standard InChI is InChI=1S/C13H17ClN2OS/c1-8-7-16(5-4-12(8)17)11-6-9(14)2-3-10(11)13(15)18/h2-3,6,8,12,17H,4-5,7H2,1H3,(H2,15,18). The van der Waals surface area contributed by atoms with Crippen LogP contribution in [-0.4, -0.2) is 29.3 Å². The van der Waals surface area contributed by atoms with Crippen molar-refractivity contribution in [2.24, 2.45) is 11.7 Å². The zero-order valence-corrected chi connectivity index (χ0v) is 11.8. The van der Waals surface area contributed by atoms with Crippen molar-refractivity contribution in [2.45, 2.75) is 19.4 Å². The summed E-state index contributed by atoms with van der Waals surface area (Å²) < 4.78 is 0. The van der Waals surface area contributed by atoms with E-state index >= 15 is 0 Å². The third-order valence-electron chi connectivity index (χ3n) is 3.43. The quantitative estimate of drug-likeness (QED) is 0.818. The molecule has 1 fully saturated rings. The van der Waals surface area contributed by atoms with E-state index in [0.29, 0.717) is 10.0 Å². The van der Waals surface area contributed by atoms with Crippen LogP contribution >= 0.6 is 23.8 Å². The molecule has 0 spiro atoms. The van der Waals surface area contributed by atoms with Crippen LogP contribution in [0, 0.1) is 5.92 Å². The van der Waals surface area contributed by atoms with Crippen LogP contribution < -0.4 is 10.6 Å². The highest BCUT2D eigenvalue weighted by Gasteiger charge is 2.25. The maximum atomic E-state index is 9.77. The predicted octanol–water partition coefficient (Wildman–Crippen LogP) is 2.18. The van der Waals surface area contributed by atoms with Gasteiger partial charge in [-0.2, -0.15) is 0 Å². The van der Waals surface area contributed by atoms with Crippen LogP contribution in [0.5, 0.6) is 0 Å². The lowest BCUT2D eigenvalue weighted by atomic mass is 9.95. The minimum atomic E-state index is -0.228. The fourth-order valence-corrected chi connectivity index (χ4v) is 2.67. The maximum absolute atomic E-state index is 9.77. The summed E-state index contributed by atoms with van der Waals surface area (Å²) in [5.74, 6) is 0.233. The number of aliphatic hydroxyl groups excluding tert-OH is 1. The molecular formula is C13H17ClN2OS. The first-order valence-corrected chi connectivity index (χ1v) is 6.80. The van der Waals surface area contributed by atoms with Crippen molar-refractivity contribution in [2.75, 3.05) is 18.0 Å². The van der Waals surface area contributed by atoms with Gasteiger partial charge < -0.3 is 15.7 Å². The Morgan fingerprint density at radius 2 is 2.28 bits per heavy atom. The van der Waals surface area contributed by atoms with E-state index in [1.165, 1.54) is 0 Å². The van der Waals surface area contributed by atoms with E-state index in [4.69, 9.17) is 29.6 Å². The summed E-state index contributed by atoms with van der Waals surface area (Å²) in [7, 11) is 0. The molecule has 1 aromatic carbocycles. The molecule has 0 radical (unpaired) electrons. The SMILES string of the molecule is CC1CN(c2cc(Cl)ccc2C(N)=S)CCC1O. The van der Waals surface area contributed by atoms with Crippen molar-refractivity contribution in [1.82, 2.24) is 0 Å². The Balaban J connectivity index is 2.32. The fourth-order valence-electron chi connectivity index (χ4n) is 2.33. The average Bonchev–Trinajstić information content (AvgIpc) is 2.32. The van der Waals surface area contributed by atoms with Gasteiger partial charge in [-0.15, -0.1) is 0 Å². The smallest absolute Gasteiger partial charge is 0.106 e. The number of hydrogen-bond acceptors (Lipinski definition) is 3. The van der Waals surface area contributed by atoms with Gasteiger partial charge in [0.25, 0.3) is 0 Å². The van der Waals surface area contributed by atoms with Gasteiger partial charge in [-0.25, -0.2) is 0 Å². The Hall–Kier alpha value is -0.840. The number of thiocarbonyl (C=S) groups is 1. The Morgan fingerprint density at radius 1 is 1.56 bits per heavy atom. The van der Waals surface area contributed by atoms with Gasteiger partial charge in [-0.1, -0.05) is 30.7 Å². The molecule has 0 amide bonds. The summed E-state index contributed by atoms with van der Waals surface area (Å²) in [6.07, 6.45) is 0.526. The van der Waals surface area contributed by atoms with E-state index in [2.05, 4.69) is 4.90 Å². The molecule has 1 saturated heterocycles. The number of benzene rings is 1. The lowest BCUT2D eigenvalue weighted by molar-refractivity contribution is 0.0971. The highest BCUT2D eigenvalue weighted by molar-refractivity contribution is 7.80. The van der Waals surface area contributed by atoms with E-state index in [0.717, 1.165) is 30.8 Å². The van der Waals surface area contributed by atoms with Crippen LogP contribution in [0.2, 0.25) is 5.02 Å². The average molecular weight is 285 g/mol. The van der Waals surface area contributed by atoms with Crippen LogP contribution in [0.3, 0.4) is 0 Å². The number of anilines is 1. The largest absolute Gasteiger partial charge is 0.393 e. The van der Waals surface area contributed by atoms with Gasteiger partial charge in [-0.05, 0) is 30.5 Å². The lowest BCUT2D eigenvalue weighted by Crippen LogP contribution is -2.42. The number of nitrogens with zero attached hydrogens (tertiary/aromatic N) is 1. The van der Waals surface area contributed by atoms with E-state index in [1.807, 2.05) is 19.1 Å². The van der Waals surface area contributed by atoms with Crippen LogP contribution in [0.4, 0.5) is 5.69 Å². The Labute approximate surface area is 118 Å². The Morgan fingerprint density at radius 3 is 2.89 bits per heavy atom. The Bertz CT molecular complexity index is 466. The van der Waals surface area contributed by atoms with Crippen molar-refractivity contribution < 1.29 is 5.11 Å². The molecule has 5 heteroatoms. The Kier molecular flexibility index (Phi) is 4.10. The molecule has 0 bridgehead atoms. The monoisotopic (exact) mass is 284 g/mol. The summed E-state index contributed by atoms with van der Waals surface area (Å²) in [6, 6.07) is 5.54. The first kappa shape index (κ1) is 13.6. The van der Waals surface area contributed by atoms with Gasteiger partial charge in [0.15, 0.2) is 0 Å². The highest BCUT2D eigenvalue weighted by Crippen LogP contribution is 2.29. The van der Waals surface area contributed by atoms with E-state index in [9.17, 15) is 5.11 Å². The normalized spacial score (nSPS) is 24.1. The van der Waals surface area contributed by atoms with E-state index < -0.39 is 0 Å². The summed E-state index contributed by atoms with van der Waals surface area (Å²) in [5.41, 5.74) is 7.56. The molecule has 18 heavy (non-hydrogen) atoms. The highest BCUT2D eigenvalue weighted by atomic mass is 35.5. The molecule has 0 aromatic heterocycles. The molecule has 1 aliphatic heterocycles. The van der Waals surface area contributed by atoms with Gasteiger partial charge in [0.2, 0.25) is 0 Å². The second-order valence-corrected chi connectivity index (χ2v) is 5.68. The van der Waals surface area contributed by atoms with Crippen molar-refractivity contribution in [3.63, 3.8) is 0 Å². The van der Waals surface area contributed by atoms with Gasteiger partial charge in [-0.3, -0.25) is 0 Å². The van der Waals surface area contributed by atoms with Gasteiger partial charge in [0.1, 0.15) is 4.99 Å². The molecule has 3 nitrogen and oxygen atoms in total. The fraction of sp³-hybridized carbons (Fsp3) is 0.462. The van der Waals surface area contributed by atoms with Gasteiger partial charge >= 0.3 is 0 Å². The van der Waals surface area contributed by atoms with E-state index in [1.54, 1.807) is 6.07 Å². The zero-order chi connectivity index (χ0) is 13.3. The van der Waals surface area contributed by atoms with Gasteiger partial charge in [0, 0.05) is 29.4 Å². The molecule has 2 unspecified atom stereocenters. The molecule has 1 heterocycles. The molecule has 0 saturated carbocycles. The first-order valence-electron chi connectivity index (χ1n) is 6.01. The summed E-state index contributed by atoms with van der Waals surface area (Å²) in [5, 5.41) is 10.4. The number of nitrogens with two attached hydrogens (primary N) is 1. The first-order chi connectivity index (χ1) is 8.49. The minimum Gasteiger partial charge on any atom is -0.393 e. The predicted molar refractivity (Wildman–Crippen MR) is 79.3 cm³/mol. The topological polar surface area (TPSA) is 49.5 Å². The van der Waals surface area contributed by atoms with Crippen LogP contribution in [0.1, 0.15) is 18.9 Å². The summed E-state index contributed by atoms with van der Waals surface area (Å²) in [6.45, 7) is 3.63. The molecule has 1 aliphatic rings. The van der Waals surface area contributed by atoms with Crippen LogP contribution in [-0.2, 0) is 0 Å². The van der Waals surface area contributed by atoms with Gasteiger partial charge in [0.05, 0.1) is 6.10 Å². The number of rotatable bonds is 2. The molecule has 2 rings (SSSR count). The second-order valence-electron chi connectivity index (χ2n) is 4.81. The van der Waals surface area contributed by atoms with Crippen molar-refractivity contribution in [3.8, 4) is 0 Å². The minimum absolute atomic E-state index is 0.228. The van der Waals surface area contributed by atoms with E-state index in [-0.39, 0.29) is 12.0 Å². The molecule has 1 aromatic rings. The second kappa shape index (κ2) is 5.43. The van der Waals surface area contributed by atoms with Crippen molar-refractivity contribution >= 4 is 34.5 Å².